The molecule has 7 nitrogen and oxygen atoms in total. The van der Waals surface area contributed by atoms with Gasteiger partial charge < -0.3 is 4.74 Å². The molecule has 1 saturated heterocycles. The van der Waals surface area contributed by atoms with Gasteiger partial charge in [0.05, 0.1) is 17.1 Å². The van der Waals surface area contributed by atoms with Crippen LogP contribution in [-0.4, -0.2) is 42.9 Å². The van der Waals surface area contributed by atoms with Crippen molar-refractivity contribution in [3.8, 4) is 22.8 Å². The number of carbonyl (C=O) groups is 1. The lowest BCUT2D eigenvalue weighted by molar-refractivity contribution is -0.274. The van der Waals surface area contributed by atoms with Crippen molar-refractivity contribution in [2.75, 3.05) is 10.7 Å². The average Bonchev–Trinajstić information content (AvgIpc) is 3.63. The Morgan fingerprint density at radius 2 is 1.80 bits per heavy atom. The summed E-state index contributed by atoms with van der Waals surface area (Å²) in [6.07, 6.45) is 2.00. The monoisotopic (exact) mass is 651 g/mol. The van der Waals surface area contributed by atoms with Gasteiger partial charge in [-0.1, -0.05) is 73.7 Å². The summed E-state index contributed by atoms with van der Waals surface area (Å²) in [4.78, 5) is 24.2. The molecule has 12 heteroatoms. The molecular weight excluding hydrogens is 620 g/mol. The molecule has 3 aromatic carbocycles. The van der Waals surface area contributed by atoms with Gasteiger partial charge in [0, 0.05) is 12.0 Å². The second kappa shape index (κ2) is 14.4. The van der Waals surface area contributed by atoms with Gasteiger partial charge in [-0.25, -0.2) is 14.7 Å². The molecule has 0 bridgehead atoms. The molecule has 2 heterocycles. The number of nitrogens with zero attached hydrogens (tertiary/aromatic N) is 5. The van der Waals surface area contributed by atoms with E-state index in [1.54, 1.807) is 4.90 Å². The van der Waals surface area contributed by atoms with Crippen LogP contribution in [0.1, 0.15) is 49.3 Å². The van der Waals surface area contributed by atoms with Crippen LogP contribution in [0.25, 0.3) is 17.1 Å². The van der Waals surface area contributed by atoms with Gasteiger partial charge in [0.25, 0.3) is 0 Å². The molecule has 234 valence electrons. The fourth-order valence-electron chi connectivity index (χ4n) is 4.95. The number of unbranched alkanes of at least 4 members (excludes halogenated alkanes) is 1. The lowest BCUT2D eigenvalue weighted by Crippen LogP contribution is -2.30. The number of rotatable bonds is 11. The normalized spacial score (nSPS) is 14.4. The summed E-state index contributed by atoms with van der Waals surface area (Å²) in [6, 6.07) is 19.6. The van der Waals surface area contributed by atoms with Crippen LogP contribution >= 0.6 is 24.0 Å². The number of aliphatic imine (C=N–C) groups is 1. The summed E-state index contributed by atoms with van der Waals surface area (Å²) in [6.45, 7) is 4.15. The van der Waals surface area contributed by atoms with Crippen LogP contribution < -0.4 is 9.64 Å². The number of carbonyl (C=O) groups excluding carboxylic acids is 1. The Kier molecular flexibility index (Phi) is 10.3. The maximum atomic E-state index is 12.8. The molecule has 0 saturated carbocycles. The SMILES string of the molecule is CCCc1ccc(C)cc1N1C(=O)CSC1=NC(=S)CCCCc1ccc(-c2ncn(-c3ccc(OC(F)(F)F)cc3)n2)cc1. The molecule has 0 aliphatic carbocycles. The van der Waals surface area contributed by atoms with Crippen LogP contribution in [0, 0.1) is 6.92 Å². The predicted molar refractivity (Wildman–Crippen MR) is 176 cm³/mol. The number of hydrogen-bond acceptors (Lipinski definition) is 6. The summed E-state index contributed by atoms with van der Waals surface area (Å²) in [5.74, 6) is 0.600. The molecule has 4 aromatic rings. The third kappa shape index (κ3) is 8.58. The summed E-state index contributed by atoms with van der Waals surface area (Å²) in [7, 11) is 0. The van der Waals surface area contributed by atoms with Crippen molar-refractivity contribution in [1.82, 2.24) is 14.8 Å². The zero-order valence-corrected chi connectivity index (χ0v) is 26.5. The van der Waals surface area contributed by atoms with E-state index in [1.165, 1.54) is 52.6 Å². The molecule has 45 heavy (non-hydrogen) atoms. The van der Waals surface area contributed by atoms with Gasteiger partial charge in [0.15, 0.2) is 11.0 Å². The van der Waals surface area contributed by atoms with E-state index in [0.29, 0.717) is 33.8 Å². The van der Waals surface area contributed by atoms with E-state index in [0.717, 1.165) is 54.5 Å². The average molecular weight is 652 g/mol. The molecule has 5 rings (SSSR count). The first-order valence-electron chi connectivity index (χ1n) is 14.6. The predicted octanol–water partition coefficient (Wildman–Crippen LogP) is 8.27. The van der Waals surface area contributed by atoms with Crippen molar-refractivity contribution >= 4 is 45.7 Å². The van der Waals surface area contributed by atoms with Crippen molar-refractivity contribution in [3.63, 3.8) is 0 Å². The molecule has 1 aliphatic rings. The van der Waals surface area contributed by atoms with Gasteiger partial charge in [0.1, 0.15) is 17.1 Å². The van der Waals surface area contributed by atoms with E-state index in [-0.39, 0.29) is 11.7 Å². The minimum atomic E-state index is -4.74. The number of amides is 1. The third-order valence-electron chi connectivity index (χ3n) is 7.13. The molecule has 0 unspecified atom stereocenters. The largest absolute Gasteiger partial charge is 0.573 e. The summed E-state index contributed by atoms with van der Waals surface area (Å²) in [5.41, 5.74) is 5.71. The maximum Gasteiger partial charge on any atom is 0.573 e. The zero-order valence-electron chi connectivity index (χ0n) is 24.9. The van der Waals surface area contributed by atoms with Crippen molar-refractivity contribution in [1.29, 1.82) is 0 Å². The van der Waals surface area contributed by atoms with Crippen molar-refractivity contribution in [3.05, 3.63) is 89.7 Å². The number of aryl methyl sites for hydroxylation is 3. The number of thiocarbonyl (C=S) groups is 1. The van der Waals surface area contributed by atoms with Crippen LogP contribution in [-0.2, 0) is 17.6 Å². The van der Waals surface area contributed by atoms with E-state index in [4.69, 9.17) is 17.2 Å². The number of aromatic nitrogens is 3. The lowest BCUT2D eigenvalue weighted by Gasteiger charge is -2.20. The van der Waals surface area contributed by atoms with Gasteiger partial charge in [-0.15, -0.1) is 18.3 Å². The number of amidine groups is 1. The van der Waals surface area contributed by atoms with E-state index in [2.05, 4.69) is 39.9 Å². The number of hydrogen-bond donors (Lipinski definition) is 0. The fourth-order valence-corrected chi connectivity index (χ4v) is 6.13. The first kappa shape index (κ1) is 32.4. The highest BCUT2D eigenvalue weighted by Gasteiger charge is 2.32. The molecule has 1 aromatic heterocycles. The minimum absolute atomic E-state index is 0.0310. The Balaban J connectivity index is 1.13. The number of halogens is 3. The number of anilines is 1. The first-order valence-corrected chi connectivity index (χ1v) is 16.0. The highest BCUT2D eigenvalue weighted by Crippen LogP contribution is 2.32. The van der Waals surface area contributed by atoms with Gasteiger partial charge in [-0.05, 0) is 79.6 Å². The second-order valence-corrected chi connectivity index (χ2v) is 12.1. The standard InChI is InChI=1S/C33H32F3N5O2S2/c1-3-6-24-12-9-22(2)19-28(24)41-30(42)20-45-32(41)38-29(44)8-5-4-7-23-10-13-25(14-11-23)31-37-21-40(39-31)26-15-17-27(18-16-26)43-33(34,35)36/h9-19,21H,3-8,20H2,1-2H3. The molecular formula is C33H32F3N5O2S2. The maximum absolute atomic E-state index is 12.8. The molecule has 0 N–H and O–H groups in total. The Labute approximate surface area is 269 Å². The van der Waals surface area contributed by atoms with Crippen LogP contribution in [0.3, 0.4) is 0 Å². The third-order valence-corrected chi connectivity index (χ3v) is 8.35. The highest BCUT2D eigenvalue weighted by atomic mass is 32.2. The van der Waals surface area contributed by atoms with E-state index in [9.17, 15) is 18.0 Å². The van der Waals surface area contributed by atoms with Gasteiger partial charge >= 0.3 is 6.36 Å². The molecule has 0 radical (unpaired) electrons. The lowest BCUT2D eigenvalue weighted by atomic mass is 10.0. The van der Waals surface area contributed by atoms with Crippen LogP contribution in [0.5, 0.6) is 5.75 Å². The van der Waals surface area contributed by atoms with Crippen molar-refractivity contribution < 1.29 is 22.7 Å². The Hall–Kier alpha value is -4.03. The van der Waals surface area contributed by atoms with E-state index >= 15 is 0 Å². The van der Waals surface area contributed by atoms with E-state index < -0.39 is 6.36 Å². The first-order chi connectivity index (χ1) is 21.6. The molecule has 1 fully saturated rings. The Morgan fingerprint density at radius 3 is 2.51 bits per heavy atom. The minimum Gasteiger partial charge on any atom is -0.406 e. The topological polar surface area (TPSA) is 72.6 Å². The molecule has 1 amide bonds. The second-order valence-electron chi connectivity index (χ2n) is 10.6. The Morgan fingerprint density at radius 1 is 1.04 bits per heavy atom. The smallest absolute Gasteiger partial charge is 0.406 e. The Bertz CT molecular complexity index is 1690. The number of thioether (sulfide) groups is 1. The number of ether oxygens (including phenoxy) is 1. The number of alkyl halides is 3. The van der Waals surface area contributed by atoms with Crippen LogP contribution in [0.2, 0.25) is 0 Å². The van der Waals surface area contributed by atoms with Crippen LogP contribution in [0.15, 0.2) is 78.0 Å². The fraction of sp³-hybridized carbons (Fsp3) is 0.303. The van der Waals surface area contributed by atoms with Crippen molar-refractivity contribution in [2.45, 2.75) is 58.7 Å². The highest BCUT2D eigenvalue weighted by molar-refractivity contribution is 8.15. The van der Waals surface area contributed by atoms with Crippen molar-refractivity contribution in [2.24, 2.45) is 4.99 Å². The summed E-state index contributed by atoms with van der Waals surface area (Å²) < 4.78 is 42.6. The van der Waals surface area contributed by atoms with Gasteiger partial charge in [0.2, 0.25) is 5.91 Å². The summed E-state index contributed by atoms with van der Waals surface area (Å²) in [5, 5.41) is 5.12. The number of benzene rings is 3. The van der Waals surface area contributed by atoms with E-state index in [1.807, 2.05) is 31.2 Å². The van der Waals surface area contributed by atoms with Gasteiger partial charge in [-0.3, -0.25) is 9.69 Å². The zero-order chi connectivity index (χ0) is 32.0. The summed E-state index contributed by atoms with van der Waals surface area (Å²) >= 11 is 7.04. The van der Waals surface area contributed by atoms with Gasteiger partial charge in [-0.2, -0.15) is 0 Å². The molecule has 0 spiro atoms. The van der Waals surface area contributed by atoms with Crippen LogP contribution in [0.4, 0.5) is 18.9 Å². The molecule has 0 atom stereocenters. The molecule has 1 aliphatic heterocycles. The quantitative estimate of drug-likeness (QED) is 0.120.